The summed E-state index contributed by atoms with van der Waals surface area (Å²) in [6, 6.07) is 10.1. The van der Waals surface area contributed by atoms with Gasteiger partial charge in [-0.15, -0.1) is 0 Å². The Kier molecular flexibility index (Phi) is 2.30. The van der Waals surface area contributed by atoms with Crippen molar-refractivity contribution in [3.63, 3.8) is 0 Å². The molecule has 1 aromatic rings. The third-order valence-electron chi connectivity index (χ3n) is 4.79. The van der Waals surface area contributed by atoms with Gasteiger partial charge in [-0.3, -0.25) is 0 Å². The Labute approximate surface area is 125 Å². The van der Waals surface area contributed by atoms with Gasteiger partial charge in [0.15, 0.2) is 5.41 Å². The molecule has 0 radical (unpaired) electrons. The van der Waals surface area contributed by atoms with E-state index in [1.54, 1.807) is 6.07 Å². The average molecular weight is 298 g/mol. The number of amidine groups is 1. The number of rotatable bonds is 1. The van der Waals surface area contributed by atoms with E-state index in [0.29, 0.717) is 5.56 Å². The number of benzene rings is 1. The molecular weight excluding hydrogens is 287 g/mol. The summed E-state index contributed by atoms with van der Waals surface area (Å²) < 4.78 is 24.7. The molecule has 7 heteroatoms. The van der Waals surface area contributed by atoms with Gasteiger partial charge in [-0.25, -0.2) is 9.38 Å². The van der Waals surface area contributed by atoms with Crippen molar-refractivity contribution in [1.29, 1.82) is 10.5 Å². The lowest BCUT2D eigenvalue weighted by atomic mass is 9.94. The first-order valence-corrected chi connectivity index (χ1v) is 6.80. The number of nitrogens with two attached hydrogens (primary N) is 1. The van der Waals surface area contributed by atoms with Gasteiger partial charge in [-0.2, -0.15) is 10.5 Å². The Hall–Kier alpha value is -2.48. The number of halogens is 1. The fraction of sp³-hybridized carbons (Fsp3) is 0.400. The molecular formula is C15H11FN4O2. The highest BCUT2D eigenvalue weighted by molar-refractivity contribution is 6.00. The molecule has 0 unspecified atom stereocenters. The normalized spacial score (nSPS) is 37.2. The smallest absolute Gasteiger partial charge is 0.293 e. The van der Waals surface area contributed by atoms with Crippen molar-refractivity contribution in [2.45, 2.75) is 11.8 Å². The van der Waals surface area contributed by atoms with Gasteiger partial charge in [-0.1, -0.05) is 12.1 Å². The van der Waals surface area contributed by atoms with Crippen LogP contribution in [0.5, 0.6) is 0 Å². The summed E-state index contributed by atoms with van der Waals surface area (Å²) in [4.78, 5) is 4.15. The fourth-order valence-electron chi connectivity index (χ4n) is 3.90. The van der Waals surface area contributed by atoms with Crippen LogP contribution in [0.15, 0.2) is 29.3 Å². The summed E-state index contributed by atoms with van der Waals surface area (Å²) in [6.45, 7) is 0.523. The molecule has 1 saturated heterocycles. The number of hydrogen-bond donors (Lipinski definition) is 1. The molecule has 2 fully saturated rings. The van der Waals surface area contributed by atoms with Gasteiger partial charge in [0.1, 0.15) is 17.1 Å². The second-order valence-electron chi connectivity index (χ2n) is 5.60. The molecule has 0 amide bonds. The molecule has 1 aliphatic carbocycles. The third-order valence-corrected chi connectivity index (χ3v) is 4.79. The Balaban J connectivity index is 1.94. The zero-order chi connectivity index (χ0) is 15.6. The minimum absolute atomic E-state index is 0.00714. The van der Waals surface area contributed by atoms with Gasteiger partial charge in [0.25, 0.3) is 5.91 Å². The van der Waals surface area contributed by atoms with E-state index in [2.05, 4.69) is 17.1 Å². The van der Waals surface area contributed by atoms with E-state index in [1.807, 2.05) is 0 Å². The van der Waals surface area contributed by atoms with E-state index in [-0.39, 0.29) is 19.0 Å². The van der Waals surface area contributed by atoms with Crippen LogP contribution in [0.2, 0.25) is 0 Å². The average Bonchev–Trinajstić information content (AvgIpc) is 2.77. The largest absolute Gasteiger partial charge is 0.386 e. The number of aliphatic imine (C=N–C) groups is 1. The van der Waals surface area contributed by atoms with E-state index < -0.39 is 28.5 Å². The van der Waals surface area contributed by atoms with Crippen LogP contribution in [0.4, 0.5) is 4.39 Å². The second-order valence-corrected chi connectivity index (χ2v) is 5.60. The predicted molar refractivity (Wildman–Crippen MR) is 71.5 cm³/mol. The Morgan fingerprint density at radius 1 is 1.27 bits per heavy atom. The minimum atomic E-state index is -1.57. The predicted octanol–water partition coefficient (Wildman–Crippen LogP) is 1.01. The van der Waals surface area contributed by atoms with Gasteiger partial charge < -0.3 is 15.2 Å². The number of hydrogen-bond acceptors (Lipinski definition) is 6. The highest BCUT2D eigenvalue weighted by atomic mass is 19.1. The number of fused-ring (bicyclic) bond motifs is 2. The van der Waals surface area contributed by atoms with E-state index in [1.165, 1.54) is 18.2 Å². The SMILES string of the molecule is N#C[C@@]12C(N)=NC3(OCCO3)[C@]1(C#N)[C@H]2c1cccc(F)c1. The highest BCUT2D eigenvalue weighted by Crippen LogP contribution is 2.82. The van der Waals surface area contributed by atoms with Crippen LogP contribution in [-0.4, -0.2) is 25.0 Å². The number of nitriles is 2. The quantitative estimate of drug-likeness (QED) is 0.833. The van der Waals surface area contributed by atoms with Crippen molar-refractivity contribution >= 4 is 5.84 Å². The lowest BCUT2D eigenvalue weighted by molar-refractivity contribution is -0.184. The van der Waals surface area contributed by atoms with E-state index in [4.69, 9.17) is 15.2 Å². The molecule has 0 bridgehead atoms. The molecule has 22 heavy (non-hydrogen) atoms. The molecule has 2 heterocycles. The zero-order valence-electron chi connectivity index (χ0n) is 11.4. The first kappa shape index (κ1) is 13.2. The molecule has 1 spiro atoms. The van der Waals surface area contributed by atoms with Crippen LogP contribution in [0.1, 0.15) is 11.5 Å². The molecule has 3 aliphatic rings. The summed E-state index contributed by atoms with van der Waals surface area (Å²) in [5, 5.41) is 19.5. The summed E-state index contributed by atoms with van der Waals surface area (Å²) in [5.41, 5.74) is 3.75. The lowest BCUT2D eigenvalue weighted by Crippen LogP contribution is -2.38. The Morgan fingerprint density at radius 2 is 2.00 bits per heavy atom. The molecule has 1 aromatic carbocycles. The van der Waals surface area contributed by atoms with Gasteiger partial charge in [0.2, 0.25) is 0 Å². The van der Waals surface area contributed by atoms with Crippen molar-refractivity contribution in [3.8, 4) is 12.1 Å². The van der Waals surface area contributed by atoms with Gasteiger partial charge in [0.05, 0.1) is 25.4 Å². The molecule has 1 saturated carbocycles. The van der Waals surface area contributed by atoms with Crippen molar-refractivity contribution in [1.82, 2.24) is 0 Å². The van der Waals surface area contributed by atoms with E-state index in [9.17, 15) is 14.9 Å². The number of nitrogens with zero attached hydrogens (tertiary/aromatic N) is 3. The summed E-state index contributed by atoms with van der Waals surface area (Å²) in [6.07, 6.45) is 0. The van der Waals surface area contributed by atoms with Crippen molar-refractivity contribution in [2.75, 3.05) is 13.2 Å². The summed E-state index contributed by atoms with van der Waals surface area (Å²) in [5.74, 6) is -2.64. The molecule has 110 valence electrons. The minimum Gasteiger partial charge on any atom is -0.386 e. The second kappa shape index (κ2) is 3.83. The molecule has 4 rings (SSSR count). The highest BCUT2D eigenvalue weighted by Gasteiger charge is 2.94. The Morgan fingerprint density at radius 3 is 2.59 bits per heavy atom. The van der Waals surface area contributed by atoms with Gasteiger partial charge in [0, 0.05) is 5.92 Å². The van der Waals surface area contributed by atoms with Crippen molar-refractivity contribution in [3.05, 3.63) is 35.6 Å². The maximum absolute atomic E-state index is 13.6. The monoisotopic (exact) mass is 298 g/mol. The molecule has 2 aliphatic heterocycles. The maximum Gasteiger partial charge on any atom is 0.293 e. The fourth-order valence-corrected chi connectivity index (χ4v) is 3.90. The van der Waals surface area contributed by atoms with Crippen LogP contribution < -0.4 is 5.73 Å². The van der Waals surface area contributed by atoms with Crippen molar-refractivity contribution in [2.24, 2.45) is 21.6 Å². The zero-order valence-corrected chi connectivity index (χ0v) is 11.4. The van der Waals surface area contributed by atoms with Crippen LogP contribution in [0, 0.1) is 39.3 Å². The first-order valence-electron chi connectivity index (χ1n) is 6.80. The van der Waals surface area contributed by atoms with Crippen LogP contribution in [0.3, 0.4) is 0 Å². The summed E-state index contributed by atoms with van der Waals surface area (Å²) in [7, 11) is 0. The Bertz CT molecular complexity index is 789. The van der Waals surface area contributed by atoms with E-state index >= 15 is 0 Å². The molecule has 2 N–H and O–H groups in total. The molecule has 0 aromatic heterocycles. The summed E-state index contributed by atoms with van der Waals surface area (Å²) >= 11 is 0. The van der Waals surface area contributed by atoms with E-state index in [0.717, 1.165) is 0 Å². The lowest BCUT2D eigenvalue weighted by Gasteiger charge is -2.25. The van der Waals surface area contributed by atoms with Crippen molar-refractivity contribution < 1.29 is 13.9 Å². The topological polar surface area (TPSA) is 104 Å². The van der Waals surface area contributed by atoms with Crippen LogP contribution >= 0.6 is 0 Å². The van der Waals surface area contributed by atoms with Crippen LogP contribution in [0.25, 0.3) is 0 Å². The first-order chi connectivity index (χ1) is 10.6. The standard InChI is InChI=1S/C15H11FN4O2/c16-10-3-1-2-9(6-10)11-13(7-17)12(19)20-15(14(11,13)8-18)21-4-5-22-15/h1-3,6,11H,4-5H2,(H2,19,20)/t11-,13+,14+/m0/s1. The van der Waals surface area contributed by atoms with Gasteiger partial charge >= 0.3 is 0 Å². The number of ether oxygens (including phenoxy) is 2. The van der Waals surface area contributed by atoms with Crippen LogP contribution in [-0.2, 0) is 9.47 Å². The van der Waals surface area contributed by atoms with Gasteiger partial charge in [-0.05, 0) is 17.7 Å². The molecule has 3 atom stereocenters. The third kappa shape index (κ3) is 1.11. The molecule has 6 nitrogen and oxygen atoms in total. The maximum atomic E-state index is 13.6.